The van der Waals surface area contributed by atoms with Gasteiger partial charge < -0.3 is 9.64 Å². The van der Waals surface area contributed by atoms with E-state index in [0.717, 1.165) is 24.1 Å². The molecule has 4 aliphatic rings. The summed E-state index contributed by atoms with van der Waals surface area (Å²) < 4.78 is 5.67. The molecule has 0 N–H and O–H groups in total. The number of carbonyl (C=O) groups is 3. The van der Waals surface area contributed by atoms with Gasteiger partial charge in [0, 0.05) is 30.0 Å². The fraction of sp³-hybridized carbons (Fsp3) is 0.346. The van der Waals surface area contributed by atoms with Crippen LogP contribution in [0.1, 0.15) is 28.8 Å². The monoisotopic (exact) mass is 473 g/mol. The molecule has 0 radical (unpaired) electrons. The number of amides is 2. The molecule has 6 rings (SSSR count). The van der Waals surface area contributed by atoms with Gasteiger partial charge in [-0.3, -0.25) is 29.4 Å². The number of benzene rings is 2. The molecular weight excluding hydrogens is 450 g/mol. The molecule has 2 amide bonds. The lowest BCUT2D eigenvalue weighted by Crippen LogP contribution is -2.49. The minimum absolute atomic E-state index is 0.121. The molecule has 3 fully saturated rings. The van der Waals surface area contributed by atoms with Crippen LogP contribution in [0.4, 0.5) is 11.4 Å². The van der Waals surface area contributed by atoms with E-state index in [1.807, 2.05) is 41.3 Å². The molecular formula is C26H23N3O6. The van der Waals surface area contributed by atoms with Gasteiger partial charge >= 0.3 is 0 Å². The molecule has 0 aromatic heterocycles. The lowest BCUT2D eigenvalue weighted by molar-refractivity contribution is -0.384. The number of ether oxygens (including phenoxy) is 1. The van der Waals surface area contributed by atoms with Gasteiger partial charge in [0.1, 0.15) is 6.04 Å². The number of non-ortho nitro benzene ring substituents is 1. The summed E-state index contributed by atoms with van der Waals surface area (Å²) in [7, 11) is 0. The number of nitro groups is 1. The summed E-state index contributed by atoms with van der Waals surface area (Å²) in [5.41, 5.74) is 1.84. The number of Topliss-reactive ketones (excluding diaryl/α,β-unsaturated/α-hetero) is 1. The Bertz CT molecular complexity index is 1270. The average Bonchev–Trinajstić information content (AvgIpc) is 3.57. The molecule has 0 spiro atoms. The number of nitro benzene ring substituents is 1. The third-order valence-electron chi connectivity index (χ3n) is 7.55. The van der Waals surface area contributed by atoms with Crippen molar-refractivity contribution in [1.82, 2.24) is 4.90 Å². The van der Waals surface area contributed by atoms with Crippen LogP contribution in [0.15, 0.2) is 54.6 Å². The second kappa shape index (κ2) is 8.13. The van der Waals surface area contributed by atoms with Crippen LogP contribution in [0.5, 0.6) is 0 Å². The van der Waals surface area contributed by atoms with Gasteiger partial charge in [-0.05, 0) is 36.6 Å². The lowest BCUT2D eigenvalue weighted by atomic mass is 9.86. The Balaban J connectivity index is 1.41. The third-order valence-corrected chi connectivity index (χ3v) is 7.55. The summed E-state index contributed by atoms with van der Waals surface area (Å²) in [5.74, 6) is -2.47. The van der Waals surface area contributed by atoms with E-state index >= 15 is 0 Å². The minimum Gasteiger partial charge on any atom is -0.376 e. The van der Waals surface area contributed by atoms with E-state index in [1.54, 1.807) is 0 Å². The Morgan fingerprint density at radius 3 is 2.51 bits per heavy atom. The summed E-state index contributed by atoms with van der Waals surface area (Å²) in [6.45, 7) is 0.820. The Labute approximate surface area is 201 Å². The van der Waals surface area contributed by atoms with Crippen LogP contribution in [0, 0.1) is 22.0 Å². The summed E-state index contributed by atoms with van der Waals surface area (Å²) in [5, 5.41) is 11.1. The highest BCUT2D eigenvalue weighted by Crippen LogP contribution is 2.49. The number of nitrogens with zero attached hydrogens (tertiary/aromatic N) is 3. The smallest absolute Gasteiger partial charge is 0.269 e. The Hall–Kier alpha value is -3.85. The molecule has 2 aromatic carbocycles. The number of hydrogen-bond acceptors (Lipinski definition) is 7. The number of ketones is 1. The zero-order valence-electron chi connectivity index (χ0n) is 18.8. The Morgan fingerprint density at radius 2 is 1.80 bits per heavy atom. The van der Waals surface area contributed by atoms with Gasteiger partial charge in [0.25, 0.3) is 5.69 Å². The largest absolute Gasteiger partial charge is 0.376 e. The van der Waals surface area contributed by atoms with Crippen molar-refractivity contribution in [1.29, 1.82) is 0 Å². The fourth-order valence-corrected chi connectivity index (χ4v) is 5.97. The predicted octanol–water partition coefficient (Wildman–Crippen LogP) is 2.84. The van der Waals surface area contributed by atoms with Crippen LogP contribution in [-0.4, -0.2) is 58.8 Å². The standard InChI is InChI=1S/C26H23N3O6/c30-24(16-7-10-17(11-8-16)29(33)34)23-22-21(20-12-9-15-4-1-2-6-19(15)28(20)23)25(31)27(26(22)32)14-18-5-3-13-35-18/h1-2,4,6-12,18,20-23H,3,5,13-14H2/t18-,20+,21+,22-,23+/m0/s1. The van der Waals surface area contributed by atoms with Crippen molar-refractivity contribution in [3.05, 3.63) is 75.8 Å². The molecule has 0 aliphatic carbocycles. The molecule has 0 saturated carbocycles. The number of anilines is 1. The number of rotatable bonds is 5. The molecule has 0 bridgehead atoms. The van der Waals surface area contributed by atoms with Crippen LogP contribution in [-0.2, 0) is 14.3 Å². The quantitative estimate of drug-likeness (QED) is 0.284. The first kappa shape index (κ1) is 21.7. The summed E-state index contributed by atoms with van der Waals surface area (Å²) in [6.07, 6.45) is 5.35. The number of likely N-dealkylation sites (tertiary alicyclic amines) is 1. The first-order valence-electron chi connectivity index (χ1n) is 11.8. The Kier molecular flexibility index (Phi) is 5.03. The zero-order chi connectivity index (χ0) is 24.3. The van der Waals surface area contributed by atoms with Gasteiger partial charge in [0.15, 0.2) is 5.78 Å². The highest BCUT2D eigenvalue weighted by molar-refractivity contribution is 6.14. The van der Waals surface area contributed by atoms with Gasteiger partial charge in [-0.1, -0.05) is 30.4 Å². The third kappa shape index (κ3) is 3.30. The molecule has 9 nitrogen and oxygen atoms in total. The van der Waals surface area contributed by atoms with Crippen LogP contribution >= 0.6 is 0 Å². The highest BCUT2D eigenvalue weighted by Gasteiger charge is 2.64. The lowest BCUT2D eigenvalue weighted by Gasteiger charge is -2.36. The number of fused-ring (bicyclic) bond motifs is 5. The molecule has 5 atom stereocenters. The van der Waals surface area contributed by atoms with Gasteiger partial charge in [-0.2, -0.15) is 0 Å². The Morgan fingerprint density at radius 1 is 1.06 bits per heavy atom. The molecule has 0 unspecified atom stereocenters. The second-order valence-electron chi connectivity index (χ2n) is 9.40. The van der Waals surface area contributed by atoms with Crippen LogP contribution < -0.4 is 4.90 Å². The normalized spacial score (nSPS) is 28.7. The average molecular weight is 473 g/mol. The molecule has 2 aromatic rings. The van der Waals surface area contributed by atoms with Crippen LogP contribution in [0.2, 0.25) is 0 Å². The molecule has 9 heteroatoms. The van der Waals surface area contributed by atoms with E-state index in [-0.39, 0.29) is 41.5 Å². The minimum atomic E-state index is -0.900. The zero-order valence-corrected chi connectivity index (χ0v) is 18.8. The van der Waals surface area contributed by atoms with Gasteiger partial charge in [-0.25, -0.2) is 0 Å². The van der Waals surface area contributed by atoms with Crippen LogP contribution in [0.3, 0.4) is 0 Å². The predicted molar refractivity (Wildman–Crippen MR) is 126 cm³/mol. The van der Waals surface area contributed by atoms with Gasteiger partial charge in [-0.15, -0.1) is 0 Å². The summed E-state index contributed by atoms with van der Waals surface area (Å²) in [4.78, 5) is 54.9. The molecule has 4 aliphatic heterocycles. The van der Waals surface area contributed by atoms with E-state index in [9.17, 15) is 24.5 Å². The van der Waals surface area contributed by atoms with Gasteiger partial charge in [0.05, 0.1) is 35.4 Å². The number of para-hydroxylation sites is 1. The molecule has 4 heterocycles. The number of hydrogen-bond donors (Lipinski definition) is 0. The van der Waals surface area contributed by atoms with Crippen molar-refractivity contribution in [3.8, 4) is 0 Å². The van der Waals surface area contributed by atoms with Crippen molar-refractivity contribution in [3.63, 3.8) is 0 Å². The van der Waals surface area contributed by atoms with Crippen molar-refractivity contribution in [2.75, 3.05) is 18.1 Å². The van der Waals surface area contributed by atoms with Crippen molar-refractivity contribution in [2.45, 2.75) is 31.0 Å². The first-order chi connectivity index (χ1) is 17.0. The van der Waals surface area contributed by atoms with E-state index in [1.165, 1.54) is 29.2 Å². The summed E-state index contributed by atoms with van der Waals surface area (Å²) in [6, 6.07) is 11.6. The fourth-order valence-electron chi connectivity index (χ4n) is 5.97. The first-order valence-corrected chi connectivity index (χ1v) is 11.8. The molecule has 35 heavy (non-hydrogen) atoms. The van der Waals surface area contributed by atoms with E-state index in [4.69, 9.17) is 4.74 Å². The maximum atomic E-state index is 13.9. The van der Waals surface area contributed by atoms with Crippen molar-refractivity contribution < 1.29 is 24.0 Å². The van der Waals surface area contributed by atoms with Crippen molar-refractivity contribution in [2.24, 2.45) is 11.8 Å². The number of imide groups is 1. The number of carbonyl (C=O) groups excluding carboxylic acids is 3. The topological polar surface area (TPSA) is 110 Å². The molecule has 178 valence electrons. The SMILES string of the molecule is O=C(c1ccc([N+](=O)[O-])cc1)[C@H]1[C@H]2C(=O)N(C[C@@H]3CCCO3)C(=O)[C@@H]2[C@H]2C=Cc3ccccc3N21. The van der Waals surface area contributed by atoms with Crippen molar-refractivity contribution >= 4 is 35.0 Å². The van der Waals surface area contributed by atoms with E-state index < -0.39 is 28.8 Å². The van der Waals surface area contributed by atoms with E-state index in [0.29, 0.717) is 6.61 Å². The second-order valence-corrected chi connectivity index (χ2v) is 9.40. The maximum Gasteiger partial charge on any atom is 0.269 e. The maximum absolute atomic E-state index is 13.9. The van der Waals surface area contributed by atoms with E-state index in [2.05, 4.69) is 0 Å². The highest BCUT2D eigenvalue weighted by atomic mass is 16.6. The van der Waals surface area contributed by atoms with Gasteiger partial charge in [0.2, 0.25) is 11.8 Å². The summed E-state index contributed by atoms with van der Waals surface area (Å²) >= 11 is 0. The molecule has 3 saturated heterocycles. The van der Waals surface area contributed by atoms with Crippen LogP contribution in [0.25, 0.3) is 6.08 Å².